The van der Waals surface area contributed by atoms with E-state index in [1.807, 2.05) is 161 Å². The molecular weight excluding hydrogens is 1370 g/mol. The molecule has 96 heavy (non-hydrogen) atoms. The first kappa shape index (κ1) is 41.5. The largest absolute Gasteiger partial charge is 0.510 e. The molecular formula is C88H60N4O2PtSi-2. The van der Waals surface area contributed by atoms with Gasteiger partial charge in [-0.15, -0.1) is 29.7 Å². The third-order valence-corrected chi connectivity index (χ3v) is 22.0. The van der Waals surface area contributed by atoms with Gasteiger partial charge in [0.2, 0.25) is 0 Å². The predicted octanol–water partition coefficient (Wildman–Crippen LogP) is 18.8. The molecule has 1 aliphatic heterocycles. The number of para-hydroxylation sites is 4. The minimum absolute atomic E-state index is 0. The molecule has 17 aromatic rings. The van der Waals surface area contributed by atoms with Gasteiger partial charge in [0.25, 0.3) is 6.33 Å². The summed E-state index contributed by atoms with van der Waals surface area (Å²) in [5, 5.41) is -0.0310. The number of hydrogen-bond acceptors (Lipinski definition) is 3. The Kier molecular flexibility index (Phi) is 10.1. The Morgan fingerprint density at radius 3 is 1.85 bits per heavy atom. The van der Waals surface area contributed by atoms with E-state index < -0.39 is 149 Å². The molecule has 0 amide bonds. The van der Waals surface area contributed by atoms with Gasteiger partial charge in [-0.3, -0.25) is 4.57 Å². The van der Waals surface area contributed by atoms with Crippen LogP contribution in [0.1, 0.15) is 52.4 Å². The Balaban J connectivity index is 0.00000953. The predicted molar refractivity (Wildman–Crippen MR) is 390 cm³/mol. The minimum atomic E-state index is -6.22. The minimum Gasteiger partial charge on any atom is -0.510 e. The molecule has 8 heteroatoms. The summed E-state index contributed by atoms with van der Waals surface area (Å²) in [5.74, 6) is 1.51. The quantitative estimate of drug-likeness (QED) is 0.0593. The van der Waals surface area contributed by atoms with Crippen molar-refractivity contribution >= 4 is 83.6 Å². The fourth-order valence-electron chi connectivity index (χ4n) is 13.6. The van der Waals surface area contributed by atoms with Crippen molar-refractivity contribution in [1.82, 2.24) is 14.1 Å². The Hall–Kier alpha value is -11.2. The number of pyridine rings is 1. The number of furan rings is 1. The summed E-state index contributed by atoms with van der Waals surface area (Å²) in [6.07, 6.45) is 5.65. The van der Waals surface area contributed by atoms with Crippen molar-refractivity contribution in [1.29, 1.82) is 0 Å². The molecule has 0 atom stereocenters. The van der Waals surface area contributed by atoms with E-state index in [2.05, 4.69) is 68.1 Å². The van der Waals surface area contributed by atoms with Gasteiger partial charge >= 0.3 is 0 Å². The summed E-state index contributed by atoms with van der Waals surface area (Å²) in [5.41, 5.74) is 11.3. The van der Waals surface area contributed by atoms with Gasteiger partial charge in [-0.05, 0) is 141 Å². The number of fused-ring (bicyclic) bond motifs is 13. The number of imidazole rings is 1. The number of ether oxygens (including phenoxy) is 1. The molecule has 0 radical (unpaired) electrons. The van der Waals surface area contributed by atoms with E-state index in [0.29, 0.717) is 72.9 Å². The zero-order chi connectivity index (χ0) is 79.9. The van der Waals surface area contributed by atoms with Crippen molar-refractivity contribution < 1.29 is 60.8 Å². The van der Waals surface area contributed by atoms with E-state index in [4.69, 9.17) is 18.3 Å². The van der Waals surface area contributed by atoms with Gasteiger partial charge in [0.1, 0.15) is 17.0 Å². The van der Waals surface area contributed by atoms with Crippen LogP contribution in [0.4, 0.5) is 0 Å². The van der Waals surface area contributed by atoms with Crippen molar-refractivity contribution in [2.75, 3.05) is 0 Å². The van der Waals surface area contributed by atoms with Crippen LogP contribution in [0.2, 0.25) is 0 Å². The second-order valence-electron chi connectivity index (χ2n) is 24.4. The average molecular weight is 1450 g/mol. The molecule has 18 rings (SSSR count). The second kappa shape index (κ2) is 23.4. The van der Waals surface area contributed by atoms with E-state index in [1.54, 1.807) is 18.2 Å². The van der Waals surface area contributed by atoms with Crippen LogP contribution in [0.5, 0.6) is 11.5 Å². The summed E-state index contributed by atoms with van der Waals surface area (Å²) < 4.78 is 201. The molecule has 0 aliphatic carbocycles. The monoisotopic (exact) mass is 1450 g/mol. The summed E-state index contributed by atoms with van der Waals surface area (Å²) in [6, 6.07) is 47.8. The molecule has 13 aromatic carbocycles. The molecule has 0 N–H and O–H groups in total. The van der Waals surface area contributed by atoms with E-state index in [9.17, 15) is 21.9 Å². The molecule has 0 unspecified atom stereocenters. The van der Waals surface area contributed by atoms with Crippen LogP contribution < -0.4 is 30.1 Å². The van der Waals surface area contributed by atoms with Crippen LogP contribution in [0.3, 0.4) is 0 Å². The van der Waals surface area contributed by atoms with E-state index >= 15 is 0 Å². The number of nitrogens with zero attached hydrogens (tertiary/aromatic N) is 4. The number of hydrogen-bond donors (Lipinski definition) is 0. The number of rotatable bonds is 10. The van der Waals surface area contributed by atoms with Gasteiger partial charge < -0.3 is 18.3 Å². The molecule has 6 nitrogen and oxygen atoms in total. The number of aromatic nitrogens is 4. The zero-order valence-electron chi connectivity index (χ0n) is 70.4. The Bertz CT molecular complexity index is 6860. The van der Waals surface area contributed by atoms with Crippen LogP contribution in [-0.2, 0) is 26.5 Å². The first-order valence-electron chi connectivity index (χ1n) is 40.4. The van der Waals surface area contributed by atoms with Crippen LogP contribution in [0.25, 0.3) is 128 Å². The fraction of sp³-hybridized carbons (Fsp3) is 0.0455. The van der Waals surface area contributed by atoms with Crippen LogP contribution in [0.15, 0.2) is 313 Å². The fourth-order valence-corrected chi connectivity index (χ4v) is 17.2. The van der Waals surface area contributed by atoms with Crippen molar-refractivity contribution in [3.8, 4) is 84.3 Å². The van der Waals surface area contributed by atoms with Gasteiger partial charge in [-0.2, -0.15) is 18.2 Å². The van der Waals surface area contributed by atoms with Crippen molar-refractivity contribution in [2.24, 2.45) is 0 Å². The molecule has 0 fully saturated rings. The smallest absolute Gasteiger partial charge is 0.268 e. The van der Waals surface area contributed by atoms with Gasteiger partial charge in [0.05, 0.1) is 42.8 Å². The van der Waals surface area contributed by atoms with Gasteiger partial charge in [0, 0.05) is 55.1 Å². The van der Waals surface area contributed by atoms with Crippen molar-refractivity contribution in [3.63, 3.8) is 0 Å². The molecule has 5 heterocycles. The van der Waals surface area contributed by atoms with E-state index in [1.165, 1.54) is 0 Å². The third-order valence-electron chi connectivity index (χ3n) is 18.0. The summed E-state index contributed by atoms with van der Waals surface area (Å²) in [4.78, 5) is 4.88. The van der Waals surface area contributed by atoms with E-state index in [-0.39, 0.29) is 32.0 Å². The summed E-state index contributed by atoms with van der Waals surface area (Å²) in [6.45, 7) is 6.50. The second-order valence-corrected chi connectivity index (χ2v) is 27.9. The summed E-state index contributed by atoms with van der Waals surface area (Å²) >= 11 is 0. The normalized spacial score (nSPS) is 14.8. The maximum Gasteiger partial charge on any atom is 0.268 e. The van der Waals surface area contributed by atoms with Gasteiger partial charge in [-0.25, -0.2) is 4.98 Å². The molecule has 4 aromatic heterocycles. The Morgan fingerprint density at radius 2 is 1.08 bits per heavy atom. The SMILES string of the molecule is [2H]c1c([2H])c([2H])c([Si](c2c([2H])c([2H])c([2H])c([2H])c2[2H])(c2c([2H])c([2H])c([2H])c([2H])c2[2H])c2c([2H])c([2H])c([2H])c(-c3ccc4c(c3)-c3cccc(-c5ccc6oc7ccccc7c6c5)c3-[n+]3[c-]n(-c5[c-]c(Oc6[c-]c7c(cc6)c6ccccc6n7-c6cc(C(C)(C)C)ccn6)ccc5)c5cccc(c53)-c3ccccc3-4)c2[2H])c([2H])c1[2H].[Pt]. The number of benzene rings is 13. The standard InChI is InChI=1S/C88H60N4O2Si.Pt/c1-88(2,3)61-49-50-89-85(54-61)92-80-40-17-15-35-73(80)74-47-45-64(56-82(74)92)93-63-25-20-24-62(55-63)90-57-91-86-69(60-44-48-84-79(53-60)75-36-16-18-42-83(75)94-84)37-21-38-77(86)78-52-59(43-46-72(78)70-33-13-14-34-71(70)76-39-22-41-81(90)87(76)91)58-23-19-32-68(51-58)95(65-26-7-4-8-27-65,66-28-9-5-10-29-66)67-30-11-6-12-31-67;/h4-54H,1-3H3;/q-2;/i4D,5D,6D,7D,8D,9D,10D,11D,12D,19D,23D,26D,27D,28D,29D,30D,31D,32D,51D;. The zero-order valence-corrected chi connectivity index (χ0v) is 54.7. The van der Waals surface area contributed by atoms with E-state index in [0.717, 1.165) is 60.6 Å². The van der Waals surface area contributed by atoms with Gasteiger partial charge in [-0.1, -0.05) is 256 Å². The molecule has 0 spiro atoms. The van der Waals surface area contributed by atoms with Crippen molar-refractivity contribution in [2.45, 2.75) is 26.2 Å². The van der Waals surface area contributed by atoms with Gasteiger partial charge in [0.15, 0.2) is 8.07 Å². The molecule has 0 saturated heterocycles. The maximum absolute atomic E-state index is 10.9. The summed E-state index contributed by atoms with van der Waals surface area (Å²) in [7, 11) is -6.22. The van der Waals surface area contributed by atoms with Crippen LogP contribution in [-0.4, -0.2) is 22.2 Å². The average Bonchev–Trinajstić information content (AvgIpc) is 0.784. The van der Waals surface area contributed by atoms with Crippen LogP contribution in [0, 0.1) is 18.5 Å². The molecule has 0 bridgehead atoms. The molecule has 460 valence electrons. The Labute approximate surface area is 599 Å². The first-order chi connectivity index (χ1) is 54.6. The topological polar surface area (TPSA) is 49.0 Å². The van der Waals surface area contributed by atoms with Crippen LogP contribution >= 0.6 is 0 Å². The molecule has 0 saturated carbocycles. The first-order valence-corrected chi connectivity index (χ1v) is 32.9. The maximum atomic E-state index is 10.9. The van der Waals surface area contributed by atoms with Crippen molar-refractivity contribution in [3.05, 3.63) is 333 Å². The third kappa shape index (κ3) is 9.55. The Morgan fingerprint density at radius 1 is 0.469 bits per heavy atom. The molecule has 1 aliphatic rings.